The fourth-order valence-corrected chi connectivity index (χ4v) is 3.90. The maximum absolute atomic E-state index is 13.7. The number of nitrogens with zero attached hydrogens (tertiary/aromatic N) is 1. The molecule has 1 unspecified atom stereocenters. The Hall–Kier alpha value is -1.09. The summed E-state index contributed by atoms with van der Waals surface area (Å²) in [6, 6.07) is 2.81. The molecule has 5 nitrogen and oxygen atoms in total. The van der Waals surface area contributed by atoms with E-state index in [0.717, 1.165) is 25.1 Å². The van der Waals surface area contributed by atoms with Gasteiger partial charge in [-0.1, -0.05) is 6.07 Å². The first-order valence-corrected chi connectivity index (χ1v) is 8.60. The standard InChI is InChI=1S/C14H20F2N2O3S/c1-21-9-8-18-7-3-4-11(10-18)17-22(19,20)13-6-2-5-12(15)14(13)16/h2,5-6,11,17H,3-4,7-10H2,1H3. The minimum Gasteiger partial charge on any atom is -0.383 e. The van der Waals surface area contributed by atoms with Crippen LogP contribution in [-0.4, -0.2) is 52.7 Å². The number of halogens is 2. The van der Waals surface area contributed by atoms with Gasteiger partial charge in [0.15, 0.2) is 11.6 Å². The number of hydrogen-bond donors (Lipinski definition) is 1. The zero-order valence-corrected chi connectivity index (χ0v) is 13.2. The van der Waals surface area contributed by atoms with Crippen molar-refractivity contribution in [1.29, 1.82) is 0 Å². The number of benzene rings is 1. The molecule has 8 heteroatoms. The van der Waals surface area contributed by atoms with Gasteiger partial charge in [-0.3, -0.25) is 4.90 Å². The molecule has 0 spiro atoms. The fraction of sp³-hybridized carbons (Fsp3) is 0.571. The van der Waals surface area contributed by atoms with Gasteiger partial charge < -0.3 is 4.74 Å². The molecule has 1 aliphatic rings. The minimum atomic E-state index is -4.08. The number of methoxy groups -OCH3 is 1. The second-order valence-electron chi connectivity index (χ2n) is 5.31. The maximum atomic E-state index is 13.7. The molecule has 22 heavy (non-hydrogen) atoms. The zero-order chi connectivity index (χ0) is 16.2. The van der Waals surface area contributed by atoms with Crippen LogP contribution in [0, 0.1) is 11.6 Å². The Morgan fingerprint density at radius 2 is 2.18 bits per heavy atom. The largest absolute Gasteiger partial charge is 0.383 e. The molecule has 1 heterocycles. The van der Waals surface area contributed by atoms with Crippen molar-refractivity contribution in [2.24, 2.45) is 0 Å². The monoisotopic (exact) mass is 334 g/mol. The normalized spacial score (nSPS) is 20.2. The Labute approximate surface area is 129 Å². The number of piperidine rings is 1. The van der Waals surface area contributed by atoms with Crippen LogP contribution in [-0.2, 0) is 14.8 Å². The smallest absolute Gasteiger partial charge is 0.243 e. The van der Waals surface area contributed by atoms with Crippen molar-refractivity contribution in [3.63, 3.8) is 0 Å². The number of rotatable bonds is 6. The number of likely N-dealkylation sites (tertiary alicyclic amines) is 1. The van der Waals surface area contributed by atoms with Crippen LogP contribution in [0.5, 0.6) is 0 Å². The van der Waals surface area contributed by atoms with E-state index >= 15 is 0 Å². The number of nitrogens with one attached hydrogen (secondary N) is 1. The summed E-state index contributed by atoms with van der Waals surface area (Å²) in [5, 5.41) is 0. The molecule has 1 fully saturated rings. The summed E-state index contributed by atoms with van der Waals surface area (Å²) < 4.78 is 58.8. The van der Waals surface area contributed by atoms with E-state index in [1.54, 1.807) is 7.11 Å². The Kier molecular flexibility index (Phi) is 5.85. The molecule has 2 rings (SSSR count). The zero-order valence-electron chi connectivity index (χ0n) is 12.4. The summed E-state index contributed by atoms with van der Waals surface area (Å²) in [5.41, 5.74) is 0. The SMILES string of the molecule is COCCN1CCCC(NS(=O)(=O)c2cccc(F)c2F)C1. The molecular formula is C14H20F2N2O3S. The van der Waals surface area contributed by atoms with Gasteiger partial charge in [0.05, 0.1) is 6.61 Å². The third-order valence-corrected chi connectivity index (χ3v) is 5.18. The average molecular weight is 334 g/mol. The third kappa shape index (κ3) is 4.22. The molecule has 1 atom stereocenters. The molecule has 124 valence electrons. The fourth-order valence-electron chi connectivity index (χ4n) is 2.55. The van der Waals surface area contributed by atoms with E-state index < -0.39 is 26.6 Å². The van der Waals surface area contributed by atoms with Gasteiger partial charge in [0.25, 0.3) is 0 Å². The van der Waals surface area contributed by atoms with Gasteiger partial charge in [-0.05, 0) is 31.5 Å². The predicted octanol–water partition coefficient (Wildman–Crippen LogP) is 1.35. The lowest BCUT2D eigenvalue weighted by Crippen LogP contribution is -2.48. The maximum Gasteiger partial charge on any atom is 0.243 e. The highest BCUT2D eigenvalue weighted by Crippen LogP contribution is 2.19. The quantitative estimate of drug-likeness (QED) is 0.853. The van der Waals surface area contributed by atoms with E-state index in [9.17, 15) is 17.2 Å². The average Bonchev–Trinajstić information content (AvgIpc) is 2.47. The molecule has 1 saturated heterocycles. The van der Waals surface area contributed by atoms with E-state index in [2.05, 4.69) is 9.62 Å². The second kappa shape index (κ2) is 7.45. The Morgan fingerprint density at radius 3 is 2.91 bits per heavy atom. The summed E-state index contributed by atoms with van der Waals surface area (Å²) in [6.07, 6.45) is 1.50. The highest BCUT2D eigenvalue weighted by atomic mass is 32.2. The molecule has 1 aromatic carbocycles. The van der Waals surface area contributed by atoms with Gasteiger partial charge in [-0.2, -0.15) is 0 Å². The van der Waals surface area contributed by atoms with Gasteiger partial charge in [-0.15, -0.1) is 0 Å². The highest BCUT2D eigenvalue weighted by molar-refractivity contribution is 7.89. The van der Waals surface area contributed by atoms with Crippen molar-refractivity contribution in [2.45, 2.75) is 23.8 Å². The third-order valence-electron chi connectivity index (χ3n) is 3.64. The summed E-state index contributed by atoms with van der Waals surface area (Å²) in [7, 11) is -2.47. The van der Waals surface area contributed by atoms with Crippen LogP contribution < -0.4 is 4.72 Å². The van der Waals surface area contributed by atoms with Crippen LogP contribution in [0.25, 0.3) is 0 Å². The molecule has 1 aliphatic heterocycles. The van der Waals surface area contributed by atoms with Gasteiger partial charge in [0.1, 0.15) is 4.90 Å². The van der Waals surface area contributed by atoms with Crippen LogP contribution in [0.15, 0.2) is 23.1 Å². The van der Waals surface area contributed by atoms with Crippen LogP contribution in [0.2, 0.25) is 0 Å². The Balaban J connectivity index is 2.06. The first-order chi connectivity index (χ1) is 10.4. The second-order valence-corrected chi connectivity index (χ2v) is 6.99. The molecule has 1 N–H and O–H groups in total. The molecule has 0 amide bonds. The van der Waals surface area contributed by atoms with Crippen LogP contribution >= 0.6 is 0 Å². The van der Waals surface area contributed by atoms with Crippen LogP contribution in [0.4, 0.5) is 8.78 Å². The van der Waals surface area contributed by atoms with Gasteiger partial charge in [0.2, 0.25) is 10.0 Å². The van der Waals surface area contributed by atoms with E-state index in [1.165, 1.54) is 6.07 Å². The highest BCUT2D eigenvalue weighted by Gasteiger charge is 2.27. The van der Waals surface area contributed by atoms with Crippen molar-refractivity contribution >= 4 is 10.0 Å². The number of sulfonamides is 1. The van der Waals surface area contributed by atoms with E-state index in [0.29, 0.717) is 26.1 Å². The lowest BCUT2D eigenvalue weighted by atomic mass is 10.1. The van der Waals surface area contributed by atoms with Crippen LogP contribution in [0.3, 0.4) is 0 Å². The summed E-state index contributed by atoms with van der Waals surface area (Å²) in [4.78, 5) is 1.43. The molecule has 1 aromatic rings. The molecule has 0 saturated carbocycles. The Morgan fingerprint density at radius 1 is 1.41 bits per heavy atom. The number of hydrogen-bond acceptors (Lipinski definition) is 4. The van der Waals surface area contributed by atoms with Gasteiger partial charge >= 0.3 is 0 Å². The van der Waals surface area contributed by atoms with Gasteiger partial charge in [-0.25, -0.2) is 21.9 Å². The first kappa shape index (κ1) is 17.3. The lowest BCUT2D eigenvalue weighted by molar-refractivity contribution is 0.126. The summed E-state index contributed by atoms with van der Waals surface area (Å²) in [5.74, 6) is -2.52. The number of ether oxygens (including phenoxy) is 1. The van der Waals surface area contributed by atoms with Crippen molar-refractivity contribution in [3.8, 4) is 0 Å². The predicted molar refractivity (Wildman–Crippen MR) is 78.0 cm³/mol. The van der Waals surface area contributed by atoms with Crippen LogP contribution in [0.1, 0.15) is 12.8 Å². The molecule has 0 aromatic heterocycles. The van der Waals surface area contributed by atoms with Crippen molar-refractivity contribution in [3.05, 3.63) is 29.8 Å². The molecule has 0 bridgehead atoms. The van der Waals surface area contributed by atoms with Crippen molar-refractivity contribution in [1.82, 2.24) is 9.62 Å². The molecular weight excluding hydrogens is 314 g/mol. The van der Waals surface area contributed by atoms with Crippen molar-refractivity contribution in [2.75, 3.05) is 33.4 Å². The molecule has 0 aliphatic carbocycles. The van der Waals surface area contributed by atoms with E-state index in [1.807, 2.05) is 0 Å². The van der Waals surface area contributed by atoms with E-state index in [4.69, 9.17) is 4.74 Å². The van der Waals surface area contributed by atoms with Crippen molar-refractivity contribution < 1.29 is 21.9 Å². The Bertz CT molecular complexity index is 610. The minimum absolute atomic E-state index is 0.321. The molecule has 0 radical (unpaired) electrons. The van der Waals surface area contributed by atoms with E-state index in [-0.39, 0.29) is 6.04 Å². The topological polar surface area (TPSA) is 58.6 Å². The van der Waals surface area contributed by atoms with Gasteiger partial charge in [0, 0.05) is 26.2 Å². The summed E-state index contributed by atoms with van der Waals surface area (Å²) in [6.45, 7) is 2.68. The lowest BCUT2D eigenvalue weighted by Gasteiger charge is -2.32. The summed E-state index contributed by atoms with van der Waals surface area (Å²) >= 11 is 0. The first-order valence-electron chi connectivity index (χ1n) is 7.11.